The maximum atomic E-state index is 12.6. The number of carbonyl (C=O) groups excluding carboxylic acids is 2. The quantitative estimate of drug-likeness (QED) is 0.796. The van der Waals surface area contributed by atoms with E-state index in [1.165, 1.54) is 18.3 Å². The number of rotatable bonds is 3. The van der Waals surface area contributed by atoms with Gasteiger partial charge in [0.2, 0.25) is 0 Å². The van der Waals surface area contributed by atoms with Gasteiger partial charge in [-0.2, -0.15) is 0 Å². The molecule has 0 saturated carbocycles. The fourth-order valence-corrected chi connectivity index (χ4v) is 4.39. The molecule has 0 radical (unpaired) electrons. The molecule has 23 heavy (non-hydrogen) atoms. The molecule has 2 fully saturated rings. The number of likely N-dealkylation sites (tertiary alicyclic amines) is 1. The fourth-order valence-electron chi connectivity index (χ4n) is 3.60. The van der Waals surface area contributed by atoms with Crippen LogP contribution in [0.5, 0.6) is 0 Å². The van der Waals surface area contributed by atoms with Crippen LogP contribution in [-0.4, -0.2) is 55.1 Å². The zero-order valence-corrected chi connectivity index (χ0v) is 14.5. The lowest BCUT2D eigenvalue weighted by molar-refractivity contribution is -0.183. The van der Waals surface area contributed by atoms with Gasteiger partial charge in [-0.1, -0.05) is 0 Å². The van der Waals surface area contributed by atoms with E-state index in [1.54, 1.807) is 18.6 Å². The number of piperidine rings is 1. The summed E-state index contributed by atoms with van der Waals surface area (Å²) < 4.78 is 11.7. The summed E-state index contributed by atoms with van der Waals surface area (Å²) in [7, 11) is 1.74. The first-order chi connectivity index (χ1) is 11.1. The Kier molecular flexibility index (Phi) is 4.85. The van der Waals surface area contributed by atoms with Crippen molar-refractivity contribution in [2.24, 2.45) is 0 Å². The molecule has 1 spiro atoms. The van der Waals surface area contributed by atoms with E-state index in [0.717, 1.165) is 32.3 Å². The largest absolute Gasteiger partial charge is 0.378 e. The lowest BCUT2D eigenvalue weighted by atomic mass is 9.81. The molecule has 3 rings (SSSR count). The molecule has 0 aromatic carbocycles. The topological polar surface area (TPSA) is 55.8 Å². The normalized spacial score (nSPS) is 23.9. The molecule has 3 heterocycles. The van der Waals surface area contributed by atoms with Crippen LogP contribution >= 0.6 is 11.3 Å². The van der Waals surface area contributed by atoms with E-state index in [0.29, 0.717) is 23.5 Å². The van der Waals surface area contributed by atoms with Crippen LogP contribution in [0.25, 0.3) is 0 Å². The van der Waals surface area contributed by atoms with Crippen LogP contribution in [0.4, 0.5) is 0 Å². The van der Waals surface area contributed by atoms with E-state index in [-0.39, 0.29) is 23.4 Å². The predicted molar refractivity (Wildman–Crippen MR) is 88.2 cm³/mol. The Morgan fingerprint density at radius 1 is 1.39 bits per heavy atom. The second kappa shape index (κ2) is 6.71. The molecule has 126 valence electrons. The number of thiophene rings is 1. The third kappa shape index (κ3) is 3.20. The molecule has 2 saturated heterocycles. The molecule has 2 aliphatic heterocycles. The summed E-state index contributed by atoms with van der Waals surface area (Å²) in [4.78, 5) is 26.5. The number of ketones is 1. The predicted octanol–water partition coefficient (Wildman–Crippen LogP) is 2.75. The van der Waals surface area contributed by atoms with Crippen LogP contribution in [0.15, 0.2) is 11.4 Å². The molecule has 0 unspecified atom stereocenters. The highest BCUT2D eigenvalue weighted by atomic mass is 32.1. The summed E-state index contributed by atoms with van der Waals surface area (Å²) >= 11 is 1.33. The van der Waals surface area contributed by atoms with E-state index < -0.39 is 0 Å². The van der Waals surface area contributed by atoms with Crippen molar-refractivity contribution in [2.75, 3.05) is 26.8 Å². The van der Waals surface area contributed by atoms with Crippen LogP contribution in [0.2, 0.25) is 0 Å². The SMILES string of the molecule is CO[C@@H]1CCCOC12CCN(C(=O)c1csc(C(C)=O)c1)CC2. The average Bonchev–Trinajstić information content (AvgIpc) is 3.06. The van der Waals surface area contributed by atoms with Crippen molar-refractivity contribution in [3.8, 4) is 0 Å². The Bertz CT molecular complexity index is 589. The molecule has 6 heteroatoms. The Balaban J connectivity index is 1.66. The van der Waals surface area contributed by atoms with Crippen molar-refractivity contribution in [2.45, 2.75) is 44.3 Å². The number of Topliss-reactive ketones (excluding diaryl/α,β-unsaturated/α-hetero) is 1. The first-order valence-corrected chi connectivity index (χ1v) is 8.99. The number of hydrogen-bond acceptors (Lipinski definition) is 5. The van der Waals surface area contributed by atoms with Gasteiger partial charge in [0.1, 0.15) is 0 Å². The van der Waals surface area contributed by atoms with Gasteiger partial charge in [-0.05, 0) is 38.7 Å². The lowest BCUT2D eigenvalue weighted by Gasteiger charge is -2.48. The number of hydrogen-bond donors (Lipinski definition) is 0. The summed E-state index contributed by atoms with van der Waals surface area (Å²) in [6.07, 6.45) is 3.80. The molecule has 2 aliphatic rings. The van der Waals surface area contributed by atoms with Crippen molar-refractivity contribution >= 4 is 23.0 Å². The van der Waals surface area contributed by atoms with E-state index in [4.69, 9.17) is 9.47 Å². The second-order valence-electron chi connectivity index (χ2n) is 6.33. The molecule has 0 bridgehead atoms. The zero-order chi connectivity index (χ0) is 16.4. The summed E-state index contributed by atoms with van der Waals surface area (Å²) in [6, 6.07) is 1.70. The van der Waals surface area contributed by atoms with Crippen molar-refractivity contribution in [1.29, 1.82) is 0 Å². The Hall–Kier alpha value is -1.24. The third-order valence-corrected chi connectivity index (χ3v) is 5.99. The Labute approximate surface area is 140 Å². The second-order valence-corrected chi connectivity index (χ2v) is 7.24. The molecule has 5 nitrogen and oxygen atoms in total. The minimum atomic E-state index is -0.233. The number of methoxy groups -OCH3 is 1. The number of ether oxygens (including phenoxy) is 2. The Morgan fingerprint density at radius 2 is 2.13 bits per heavy atom. The molecular formula is C17H23NO4S. The molecule has 0 N–H and O–H groups in total. The van der Waals surface area contributed by atoms with E-state index in [2.05, 4.69) is 0 Å². The van der Waals surface area contributed by atoms with Crippen LogP contribution < -0.4 is 0 Å². The summed E-state index contributed by atoms with van der Waals surface area (Å²) in [5, 5.41) is 1.78. The lowest BCUT2D eigenvalue weighted by Crippen LogP contribution is -2.56. The number of nitrogens with zero attached hydrogens (tertiary/aromatic N) is 1. The Morgan fingerprint density at radius 3 is 2.74 bits per heavy atom. The van der Waals surface area contributed by atoms with Crippen LogP contribution in [0.1, 0.15) is 52.6 Å². The minimum Gasteiger partial charge on any atom is -0.378 e. The van der Waals surface area contributed by atoms with Crippen LogP contribution in [-0.2, 0) is 9.47 Å². The van der Waals surface area contributed by atoms with Gasteiger partial charge in [0, 0.05) is 32.2 Å². The van der Waals surface area contributed by atoms with Crippen molar-refractivity contribution in [3.63, 3.8) is 0 Å². The van der Waals surface area contributed by atoms with Crippen molar-refractivity contribution in [1.82, 2.24) is 4.90 Å². The maximum Gasteiger partial charge on any atom is 0.254 e. The van der Waals surface area contributed by atoms with Gasteiger partial charge in [0.05, 0.1) is 22.1 Å². The van der Waals surface area contributed by atoms with Gasteiger partial charge in [0.25, 0.3) is 5.91 Å². The summed E-state index contributed by atoms with van der Waals surface area (Å²) in [5.74, 6) is 0.0126. The first-order valence-electron chi connectivity index (χ1n) is 8.11. The van der Waals surface area contributed by atoms with E-state index in [1.807, 2.05) is 4.90 Å². The highest BCUT2D eigenvalue weighted by Crippen LogP contribution is 2.37. The van der Waals surface area contributed by atoms with Gasteiger partial charge >= 0.3 is 0 Å². The van der Waals surface area contributed by atoms with Crippen LogP contribution in [0.3, 0.4) is 0 Å². The van der Waals surface area contributed by atoms with Gasteiger partial charge in [-0.15, -0.1) is 11.3 Å². The average molecular weight is 337 g/mol. The maximum absolute atomic E-state index is 12.6. The molecule has 1 aromatic heterocycles. The zero-order valence-electron chi connectivity index (χ0n) is 13.7. The van der Waals surface area contributed by atoms with Crippen molar-refractivity contribution in [3.05, 3.63) is 21.9 Å². The fraction of sp³-hybridized carbons (Fsp3) is 0.647. The van der Waals surface area contributed by atoms with Gasteiger partial charge in [-0.25, -0.2) is 0 Å². The van der Waals surface area contributed by atoms with Gasteiger partial charge < -0.3 is 14.4 Å². The van der Waals surface area contributed by atoms with Crippen LogP contribution in [0, 0.1) is 0 Å². The minimum absolute atomic E-state index is 0.00480. The van der Waals surface area contributed by atoms with Crippen molar-refractivity contribution < 1.29 is 19.1 Å². The number of amides is 1. The smallest absolute Gasteiger partial charge is 0.254 e. The third-order valence-electron chi connectivity index (χ3n) is 4.96. The molecule has 1 atom stereocenters. The van der Waals surface area contributed by atoms with E-state index in [9.17, 15) is 9.59 Å². The molecule has 1 aromatic rings. The molecular weight excluding hydrogens is 314 g/mol. The van der Waals surface area contributed by atoms with Gasteiger partial charge in [0.15, 0.2) is 5.78 Å². The highest BCUT2D eigenvalue weighted by molar-refractivity contribution is 7.12. The summed E-state index contributed by atoms with van der Waals surface area (Å²) in [5.41, 5.74) is 0.382. The first kappa shape index (κ1) is 16.6. The summed E-state index contributed by atoms with van der Waals surface area (Å²) in [6.45, 7) is 3.64. The highest BCUT2D eigenvalue weighted by Gasteiger charge is 2.45. The van der Waals surface area contributed by atoms with E-state index >= 15 is 0 Å². The standard InChI is InChI=1S/C17H23NO4S/c1-12(19)14-10-13(11-23-14)16(20)18-7-5-17(6-8-18)15(21-2)4-3-9-22-17/h10-11,15H,3-9H2,1-2H3/t15-/m1/s1. The van der Waals surface area contributed by atoms with Gasteiger partial charge in [-0.3, -0.25) is 9.59 Å². The monoisotopic (exact) mass is 337 g/mol. The molecule has 1 amide bonds. The molecule has 0 aliphatic carbocycles. The number of carbonyl (C=O) groups is 2.